The Morgan fingerprint density at radius 2 is 1.65 bits per heavy atom. The van der Waals surface area contributed by atoms with Crippen LogP contribution in [0.5, 0.6) is 17.2 Å². The summed E-state index contributed by atoms with van der Waals surface area (Å²) in [5, 5.41) is 19.2. The van der Waals surface area contributed by atoms with Crippen molar-refractivity contribution in [3.63, 3.8) is 0 Å². The van der Waals surface area contributed by atoms with E-state index in [1.165, 1.54) is 32.1 Å². The van der Waals surface area contributed by atoms with Gasteiger partial charge in [-0.05, 0) is 99.3 Å². The Hall–Kier alpha value is -4.13. The highest BCUT2D eigenvalue weighted by Gasteiger charge is 2.17. The fourth-order valence-electron chi connectivity index (χ4n) is 6.10. The van der Waals surface area contributed by atoms with E-state index in [0.717, 1.165) is 57.7 Å². The number of likely N-dealkylation sites (tertiary alicyclic amines) is 1. The summed E-state index contributed by atoms with van der Waals surface area (Å²) in [4.78, 5) is 8.65. The number of nitriles is 1. The molecule has 252 valence electrons. The van der Waals surface area contributed by atoms with Gasteiger partial charge in [0.15, 0.2) is 0 Å². The van der Waals surface area contributed by atoms with Gasteiger partial charge in [0.1, 0.15) is 36.5 Å². The first-order chi connectivity index (χ1) is 23.4. The van der Waals surface area contributed by atoms with Crippen molar-refractivity contribution >= 4 is 11.6 Å². The van der Waals surface area contributed by atoms with Gasteiger partial charge in [-0.3, -0.25) is 9.88 Å². The number of aliphatic hydroxyl groups is 1. The molecule has 1 aliphatic rings. The van der Waals surface area contributed by atoms with Crippen LogP contribution in [-0.2, 0) is 19.8 Å². The largest absolute Gasteiger partial charge is 0.493 e. The molecule has 48 heavy (non-hydrogen) atoms. The molecule has 1 N–H and O–H groups in total. The standard InChI is InChI=1S/C39H45ClN4O4/c1-28-32(9-6-10-34(28)35-11-7-12-37(29(35)2)46-18-8-15-44-13-4-5-14-44)27-48-39-21-38(33(20-36(39)40)25-43(3)16-17-45)47-26-31-19-30(22-41)23-42-24-31/h6-7,9-12,19-21,23-24,45H,4-5,8,13-18,25-27H2,1-3H3. The van der Waals surface area contributed by atoms with Crippen LogP contribution in [0.15, 0.2) is 67.0 Å². The molecule has 1 fully saturated rings. The molecule has 0 unspecified atom stereocenters. The van der Waals surface area contributed by atoms with E-state index in [2.05, 4.69) is 66.2 Å². The van der Waals surface area contributed by atoms with Gasteiger partial charge >= 0.3 is 0 Å². The molecule has 1 aromatic heterocycles. The molecule has 4 aromatic rings. The van der Waals surface area contributed by atoms with Crippen LogP contribution in [0.3, 0.4) is 0 Å². The number of hydrogen-bond acceptors (Lipinski definition) is 8. The monoisotopic (exact) mass is 668 g/mol. The number of aliphatic hydroxyl groups excluding tert-OH is 1. The molecule has 1 saturated heterocycles. The van der Waals surface area contributed by atoms with Crippen LogP contribution in [0.2, 0.25) is 5.02 Å². The molecular weight excluding hydrogens is 624 g/mol. The Bertz CT molecular complexity index is 1720. The summed E-state index contributed by atoms with van der Waals surface area (Å²) in [6.45, 7) is 10.1. The van der Waals surface area contributed by atoms with Crippen molar-refractivity contribution < 1.29 is 19.3 Å². The van der Waals surface area contributed by atoms with Crippen LogP contribution in [0.25, 0.3) is 11.1 Å². The van der Waals surface area contributed by atoms with Gasteiger partial charge in [-0.2, -0.15) is 5.26 Å². The van der Waals surface area contributed by atoms with Crippen LogP contribution >= 0.6 is 11.6 Å². The van der Waals surface area contributed by atoms with E-state index in [9.17, 15) is 10.4 Å². The van der Waals surface area contributed by atoms with Crippen molar-refractivity contribution in [2.45, 2.75) is 52.9 Å². The zero-order valence-electron chi connectivity index (χ0n) is 28.2. The molecule has 0 aliphatic carbocycles. The molecule has 3 aromatic carbocycles. The lowest BCUT2D eigenvalue weighted by Gasteiger charge is -2.20. The third-order valence-corrected chi connectivity index (χ3v) is 9.13. The SMILES string of the molecule is Cc1c(COc2cc(OCc3cncc(C#N)c3)c(CN(C)CCO)cc2Cl)cccc1-c1cccc(OCCCN2CCCC2)c1C. The summed E-state index contributed by atoms with van der Waals surface area (Å²) in [6.07, 6.45) is 6.84. The lowest BCUT2D eigenvalue weighted by molar-refractivity contribution is 0.214. The minimum absolute atomic E-state index is 0.0440. The maximum atomic E-state index is 9.42. The number of aromatic nitrogens is 1. The zero-order valence-corrected chi connectivity index (χ0v) is 28.9. The van der Waals surface area contributed by atoms with Crippen molar-refractivity contribution in [2.75, 3.05) is 46.4 Å². The minimum Gasteiger partial charge on any atom is -0.493 e. The number of likely N-dealkylation sites (N-methyl/N-ethyl adjacent to an activating group) is 1. The van der Waals surface area contributed by atoms with Crippen molar-refractivity contribution in [1.82, 2.24) is 14.8 Å². The van der Waals surface area contributed by atoms with E-state index >= 15 is 0 Å². The lowest BCUT2D eigenvalue weighted by atomic mass is 9.93. The van der Waals surface area contributed by atoms with Crippen molar-refractivity contribution in [2.24, 2.45) is 0 Å². The van der Waals surface area contributed by atoms with Gasteiger partial charge in [-0.1, -0.05) is 41.9 Å². The molecule has 8 nitrogen and oxygen atoms in total. The fraction of sp³-hybridized carbons (Fsp3) is 0.385. The maximum absolute atomic E-state index is 9.42. The van der Waals surface area contributed by atoms with Gasteiger partial charge in [0.05, 0.1) is 23.8 Å². The number of pyridine rings is 1. The number of hydrogen-bond donors (Lipinski definition) is 1. The minimum atomic E-state index is 0.0440. The molecule has 0 saturated carbocycles. The second-order valence-corrected chi connectivity index (χ2v) is 12.8. The van der Waals surface area contributed by atoms with E-state index in [4.69, 9.17) is 25.8 Å². The van der Waals surface area contributed by atoms with Crippen molar-refractivity contribution in [3.05, 3.63) is 105 Å². The predicted molar refractivity (Wildman–Crippen MR) is 190 cm³/mol. The van der Waals surface area contributed by atoms with Gasteiger partial charge < -0.3 is 24.2 Å². The molecule has 5 rings (SSSR count). The highest BCUT2D eigenvalue weighted by Crippen LogP contribution is 2.36. The summed E-state index contributed by atoms with van der Waals surface area (Å²) in [6, 6.07) is 20.1. The number of ether oxygens (including phenoxy) is 3. The van der Waals surface area contributed by atoms with Gasteiger partial charge in [-0.15, -0.1) is 0 Å². The molecule has 0 spiro atoms. The summed E-state index contributed by atoms with van der Waals surface area (Å²) in [5.74, 6) is 2.04. The van der Waals surface area contributed by atoms with Crippen LogP contribution in [-0.4, -0.2) is 66.3 Å². The van der Waals surface area contributed by atoms with E-state index in [0.29, 0.717) is 48.4 Å². The lowest BCUT2D eigenvalue weighted by Crippen LogP contribution is -2.22. The topological polar surface area (TPSA) is 91.1 Å². The summed E-state index contributed by atoms with van der Waals surface area (Å²) in [7, 11) is 1.92. The average Bonchev–Trinajstić information content (AvgIpc) is 3.61. The van der Waals surface area contributed by atoms with E-state index in [1.54, 1.807) is 12.3 Å². The molecule has 2 heterocycles. The van der Waals surface area contributed by atoms with Crippen LogP contribution in [0.1, 0.15) is 52.6 Å². The Balaban J connectivity index is 1.31. The smallest absolute Gasteiger partial charge is 0.142 e. The van der Waals surface area contributed by atoms with E-state index < -0.39 is 0 Å². The normalized spacial score (nSPS) is 13.1. The highest BCUT2D eigenvalue weighted by molar-refractivity contribution is 6.32. The van der Waals surface area contributed by atoms with E-state index in [1.807, 2.05) is 24.1 Å². The second-order valence-electron chi connectivity index (χ2n) is 12.4. The summed E-state index contributed by atoms with van der Waals surface area (Å²) in [5.41, 5.74) is 7.70. The average molecular weight is 669 g/mol. The third kappa shape index (κ3) is 9.27. The van der Waals surface area contributed by atoms with Crippen LogP contribution < -0.4 is 14.2 Å². The van der Waals surface area contributed by atoms with Crippen LogP contribution in [0, 0.1) is 25.2 Å². The first-order valence-electron chi connectivity index (χ1n) is 16.6. The summed E-state index contributed by atoms with van der Waals surface area (Å²) < 4.78 is 18.8. The van der Waals surface area contributed by atoms with Crippen LogP contribution in [0.4, 0.5) is 0 Å². The second kappa shape index (κ2) is 17.3. The summed E-state index contributed by atoms with van der Waals surface area (Å²) >= 11 is 6.77. The van der Waals surface area contributed by atoms with Gasteiger partial charge in [0, 0.05) is 49.2 Å². The van der Waals surface area contributed by atoms with Gasteiger partial charge in [-0.25, -0.2) is 0 Å². The molecule has 0 bridgehead atoms. The van der Waals surface area contributed by atoms with E-state index in [-0.39, 0.29) is 13.2 Å². The molecule has 1 aliphatic heterocycles. The number of nitrogens with zero attached hydrogens (tertiary/aromatic N) is 4. The number of benzene rings is 3. The first-order valence-corrected chi connectivity index (χ1v) is 17.0. The molecule has 0 atom stereocenters. The molecule has 0 radical (unpaired) electrons. The quantitative estimate of drug-likeness (QED) is 0.124. The van der Waals surface area contributed by atoms with Crippen molar-refractivity contribution in [3.8, 4) is 34.4 Å². The zero-order chi connectivity index (χ0) is 33.9. The van der Waals surface area contributed by atoms with Gasteiger partial charge in [0.25, 0.3) is 0 Å². The highest BCUT2D eigenvalue weighted by atomic mass is 35.5. The Labute approximate surface area is 289 Å². The Kier molecular flexibility index (Phi) is 12.7. The Morgan fingerprint density at radius 3 is 2.42 bits per heavy atom. The fourth-order valence-corrected chi connectivity index (χ4v) is 6.34. The number of rotatable bonds is 16. The van der Waals surface area contributed by atoms with Gasteiger partial charge in [0.2, 0.25) is 0 Å². The predicted octanol–water partition coefficient (Wildman–Crippen LogP) is 7.34. The molecule has 9 heteroatoms. The third-order valence-electron chi connectivity index (χ3n) is 8.83. The maximum Gasteiger partial charge on any atom is 0.142 e. The molecular formula is C39H45ClN4O4. The Morgan fingerprint density at radius 1 is 0.896 bits per heavy atom. The van der Waals surface area contributed by atoms with Crippen molar-refractivity contribution in [1.29, 1.82) is 5.26 Å². The molecule has 0 amide bonds. The first kappa shape index (κ1) is 35.2. The number of halogens is 1.